The Kier molecular flexibility index (Phi) is 7.33. The van der Waals surface area contributed by atoms with Gasteiger partial charge in [-0.1, -0.05) is 6.92 Å². The van der Waals surface area contributed by atoms with Gasteiger partial charge in [0.2, 0.25) is 5.91 Å². The number of nitrogens with one attached hydrogen (secondary N) is 1. The lowest BCUT2D eigenvalue weighted by Gasteiger charge is -2.37. The average molecular weight is 457 g/mol. The van der Waals surface area contributed by atoms with Gasteiger partial charge in [0.05, 0.1) is 17.9 Å². The van der Waals surface area contributed by atoms with E-state index in [-0.39, 0.29) is 29.6 Å². The van der Waals surface area contributed by atoms with E-state index in [4.69, 9.17) is 4.42 Å². The number of nitrogens with zero attached hydrogens (tertiary/aromatic N) is 3. The fourth-order valence-corrected chi connectivity index (χ4v) is 4.79. The highest BCUT2D eigenvalue weighted by atomic mass is 19.1. The van der Waals surface area contributed by atoms with Crippen LogP contribution in [-0.4, -0.2) is 67.4 Å². The highest BCUT2D eigenvalue weighted by Crippen LogP contribution is 2.29. The molecule has 2 amide bonds. The fourth-order valence-electron chi connectivity index (χ4n) is 4.79. The van der Waals surface area contributed by atoms with Gasteiger partial charge in [-0.25, -0.2) is 4.39 Å². The third-order valence-electron chi connectivity index (χ3n) is 6.90. The first-order valence-electron chi connectivity index (χ1n) is 11.8. The Morgan fingerprint density at radius 2 is 1.85 bits per heavy atom. The Labute approximate surface area is 194 Å². The lowest BCUT2D eigenvalue weighted by molar-refractivity contribution is -0.126. The van der Waals surface area contributed by atoms with Gasteiger partial charge in [0.25, 0.3) is 5.91 Å². The molecule has 33 heavy (non-hydrogen) atoms. The van der Waals surface area contributed by atoms with Gasteiger partial charge in [-0.2, -0.15) is 0 Å². The van der Waals surface area contributed by atoms with Crippen LogP contribution < -0.4 is 10.2 Å². The molecule has 0 saturated carbocycles. The van der Waals surface area contributed by atoms with Crippen LogP contribution in [0.1, 0.15) is 48.7 Å². The quantitative estimate of drug-likeness (QED) is 0.723. The molecule has 0 spiro atoms. The van der Waals surface area contributed by atoms with Crippen LogP contribution in [0.5, 0.6) is 0 Å². The topological polar surface area (TPSA) is 69.0 Å². The molecular weight excluding hydrogens is 423 g/mol. The summed E-state index contributed by atoms with van der Waals surface area (Å²) in [4.78, 5) is 31.9. The van der Waals surface area contributed by atoms with Crippen molar-refractivity contribution in [1.29, 1.82) is 0 Å². The Morgan fingerprint density at radius 1 is 1.12 bits per heavy atom. The van der Waals surface area contributed by atoms with Crippen LogP contribution in [0.2, 0.25) is 0 Å². The summed E-state index contributed by atoms with van der Waals surface area (Å²) in [6, 6.07) is 6.21. The first kappa shape index (κ1) is 23.3. The molecule has 0 aliphatic carbocycles. The van der Waals surface area contributed by atoms with Gasteiger partial charge in [0.1, 0.15) is 12.1 Å². The molecule has 7 nitrogen and oxygen atoms in total. The number of rotatable bonds is 6. The smallest absolute Gasteiger partial charge is 0.257 e. The molecule has 2 saturated heterocycles. The molecule has 1 aromatic heterocycles. The molecule has 0 radical (unpaired) electrons. The minimum Gasteiger partial charge on any atom is -0.472 e. The third kappa shape index (κ3) is 5.38. The zero-order chi connectivity index (χ0) is 23.4. The zero-order valence-electron chi connectivity index (χ0n) is 19.4. The summed E-state index contributed by atoms with van der Waals surface area (Å²) in [5.74, 6) is -0.563. The van der Waals surface area contributed by atoms with E-state index in [1.54, 1.807) is 17.0 Å². The van der Waals surface area contributed by atoms with E-state index >= 15 is 0 Å². The molecule has 1 atom stereocenters. The molecule has 1 aromatic carbocycles. The monoisotopic (exact) mass is 456 g/mol. The maximum atomic E-state index is 14.1. The van der Waals surface area contributed by atoms with Gasteiger partial charge in [-0.05, 0) is 50.6 Å². The van der Waals surface area contributed by atoms with Crippen LogP contribution in [-0.2, 0) is 4.79 Å². The van der Waals surface area contributed by atoms with Crippen molar-refractivity contribution in [3.63, 3.8) is 0 Å². The summed E-state index contributed by atoms with van der Waals surface area (Å²) < 4.78 is 19.1. The van der Waals surface area contributed by atoms with Gasteiger partial charge in [0.15, 0.2) is 0 Å². The van der Waals surface area contributed by atoms with Crippen molar-refractivity contribution in [2.24, 2.45) is 5.92 Å². The number of piperazine rings is 1. The summed E-state index contributed by atoms with van der Waals surface area (Å²) >= 11 is 0. The standard InChI is InChI=1S/C25H33FN4O3/c1-3-28-11-13-29(14-12-28)23-5-4-21(26)16-22(23)18(2)27-24(31)19-6-9-30(10-7-19)25(32)20-8-15-33-17-20/h4-5,8,15-19H,3,6-7,9-14H2,1-2H3,(H,27,31). The first-order chi connectivity index (χ1) is 16.0. The normalized spacial score (nSPS) is 18.9. The van der Waals surface area contributed by atoms with E-state index in [0.29, 0.717) is 31.5 Å². The minimum absolute atomic E-state index is 0.0380. The van der Waals surface area contributed by atoms with Gasteiger partial charge in [-0.15, -0.1) is 0 Å². The second-order valence-corrected chi connectivity index (χ2v) is 8.93. The molecule has 0 bridgehead atoms. The number of likely N-dealkylation sites (N-methyl/N-ethyl adjacent to an activating group) is 1. The van der Waals surface area contributed by atoms with Crippen molar-refractivity contribution >= 4 is 17.5 Å². The lowest BCUT2D eigenvalue weighted by Crippen LogP contribution is -2.47. The molecule has 4 rings (SSSR count). The summed E-state index contributed by atoms with van der Waals surface area (Å²) in [5, 5.41) is 3.10. The number of carbonyl (C=O) groups is 2. The van der Waals surface area contributed by atoms with Gasteiger partial charge < -0.3 is 24.4 Å². The number of piperidine rings is 1. The second kappa shape index (κ2) is 10.4. The molecule has 8 heteroatoms. The SMILES string of the molecule is CCN1CCN(c2ccc(F)cc2C(C)NC(=O)C2CCN(C(=O)c3ccoc3)CC2)CC1. The maximum Gasteiger partial charge on any atom is 0.257 e. The highest BCUT2D eigenvalue weighted by molar-refractivity contribution is 5.94. The van der Waals surface area contributed by atoms with Crippen LogP contribution in [0.4, 0.5) is 10.1 Å². The number of hydrogen-bond donors (Lipinski definition) is 1. The first-order valence-corrected chi connectivity index (χ1v) is 11.8. The zero-order valence-corrected chi connectivity index (χ0v) is 19.4. The maximum absolute atomic E-state index is 14.1. The number of anilines is 1. The lowest BCUT2D eigenvalue weighted by atomic mass is 9.94. The van der Waals surface area contributed by atoms with Crippen molar-refractivity contribution in [3.8, 4) is 0 Å². The van der Waals surface area contributed by atoms with E-state index in [1.165, 1.54) is 18.6 Å². The number of hydrogen-bond acceptors (Lipinski definition) is 5. The molecule has 2 aliphatic heterocycles. The van der Waals surface area contributed by atoms with Gasteiger partial charge >= 0.3 is 0 Å². The summed E-state index contributed by atoms with van der Waals surface area (Å²) in [6.07, 6.45) is 4.15. The Bertz CT molecular complexity index is 949. The predicted molar refractivity (Wildman–Crippen MR) is 125 cm³/mol. The van der Waals surface area contributed by atoms with E-state index in [1.807, 2.05) is 13.0 Å². The van der Waals surface area contributed by atoms with Gasteiger partial charge in [0, 0.05) is 56.4 Å². The average Bonchev–Trinajstić information content (AvgIpc) is 3.39. The Morgan fingerprint density at radius 3 is 2.48 bits per heavy atom. The number of amides is 2. The van der Waals surface area contributed by atoms with E-state index < -0.39 is 0 Å². The number of halogens is 1. The van der Waals surface area contributed by atoms with Crippen LogP contribution in [0, 0.1) is 11.7 Å². The van der Waals surface area contributed by atoms with Crippen molar-refractivity contribution in [2.45, 2.75) is 32.7 Å². The van der Waals surface area contributed by atoms with Crippen LogP contribution in [0.3, 0.4) is 0 Å². The van der Waals surface area contributed by atoms with Crippen LogP contribution >= 0.6 is 0 Å². The Hall–Kier alpha value is -2.87. The van der Waals surface area contributed by atoms with E-state index in [0.717, 1.165) is 44.0 Å². The van der Waals surface area contributed by atoms with Crippen molar-refractivity contribution in [3.05, 3.63) is 53.7 Å². The van der Waals surface area contributed by atoms with Gasteiger partial charge in [-0.3, -0.25) is 9.59 Å². The van der Waals surface area contributed by atoms with E-state index in [9.17, 15) is 14.0 Å². The molecule has 178 valence electrons. The largest absolute Gasteiger partial charge is 0.472 e. The van der Waals surface area contributed by atoms with Crippen molar-refractivity contribution in [1.82, 2.24) is 15.1 Å². The second-order valence-electron chi connectivity index (χ2n) is 8.93. The molecular formula is C25H33FN4O3. The predicted octanol–water partition coefficient (Wildman–Crippen LogP) is 3.29. The van der Waals surface area contributed by atoms with E-state index in [2.05, 4.69) is 22.0 Å². The molecule has 2 aliphatic rings. The summed E-state index contributed by atoms with van der Waals surface area (Å²) in [7, 11) is 0. The molecule has 2 aromatic rings. The molecule has 1 N–H and O–H groups in total. The third-order valence-corrected chi connectivity index (χ3v) is 6.90. The molecule has 3 heterocycles. The Balaban J connectivity index is 1.36. The minimum atomic E-state index is -0.307. The van der Waals surface area contributed by atoms with Crippen LogP contribution in [0.25, 0.3) is 0 Å². The number of furan rings is 1. The van der Waals surface area contributed by atoms with Crippen molar-refractivity contribution < 1.29 is 18.4 Å². The summed E-state index contributed by atoms with van der Waals surface area (Å²) in [6.45, 7) is 9.89. The number of benzene rings is 1. The molecule has 1 unspecified atom stereocenters. The molecule has 2 fully saturated rings. The number of likely N-dealkylation sites (tertiary alicyclic amines) is 1. The number of carbonyl (C=O) groups excluding carboxylic acids is 2. The van der Waals surface area contributed by atoms with Crippen LogP contribution in [0.15, 0.2) is 41.2 Å². The fraction of sp³-hybridized carbons (Fsp3) is 0.520. The van der Waals surface area contributed by atoms with Crippen molar-refractivity contribution in [2.75, 3.05) is 50.7 Å². The highest BCUT2D eigenvalue weighted by Gasteiger charge is 2.29. The summed E-state index contributed by atoms with van der Waals surface area (Å²) in [5.41, 5.74) is 2.33.